The number of nitrogens with zero attached hydrogens (tertiary/aromatic N) is 3. The Morgan fingerprint density at radius 2 is 1.95 bits per heavy atom. The second-order valence-electron chi connectivity index (χ2n) is 5.00. The van der Waals surface area contributed by atoms with E-state index in [2.05, 4.69) is 44.7 Å². The molecule has 0 unspecified atom stereocenters. The predicted octanol–water partition coefficient (Wildman–Crippen LogP) is 2.65. The van der Waals surface area contributed by atoms with Crippen molar-refractivity contribution in [3.63, 3.8) is 0 Å². The molecule has 4 nitrogen and oxygen atoms in total. The van der Waals surface area contributed by atoms with Gasteiger partial charge in [-0.3, -0.25) is 10.4 Å². The Kier molecular flexibility index (Phi) is 4.95. The summed E-state index contributed by atoms with van der Waals surface area (Å²) in [5.41, 5.74) is 5.34. The van der Waals surface area contributed by atoms with Crippen molar-refractivity contribution in [3.8, 4) is 0 Å². The van der Waals surface area contributed by atoms with Crippen LogP contribution in [0.3, 0.4) is 0 Å². The van der Waals surface area contributed by atoms with Gasteiger partial charge in [-0.05, 0) is 30.5 Å². The van der Waals surface area contributed by atoms with E-state index >= 15 is 0 Å². The van der Waals surface area contributed by atoms with Gasteiger partial charge >= 0.3 is 0 Å². The summed E-state index contributed by atoms with van der Waals surface area (Å²) in [6, 6.07) is 8.31. The number of nitrogens with one attached hydrogen (secondary N) is 1. The van der Waals surface area contributed by atoms with Gasteiger partial charge in [0.05, 0.1) is 6.21 Å². The molecule has 1 heterocycles. The average molecular weight is 258 g/mol. The van der Waals surface area contributed by atoms with E-state index in [4.69, 9.17) is 0 Å². The topological polar surface area (TPSA) is 40.0 Å². The van der Waals surface area contributed by atoms with Crippen molar-refractivity contribution in [2.45, 2.75) is 25.7 Å². The second kappa shape index (κ2) is 6.92. The van der Waals surface area contributed by atoms with Gasteiger partial charge < -0.3 is 4.90 Å². The first-order chi connectivity index (χ1) is 9.25. The SMILES string of the molecule is CN(C)c1ccc(/C=N\NC2=NCCCCC2)cc1. The third kappa shape index (κ3) is 4.39. The maximum atomic E-state index is 4.48. The van der Waals surface area contributed by atoms with E-state index in [-0.39, 0.29) is 0 Å². The van der Waals surface area contributed by atoms with Crippen molar-refractivity contribution in [2.24, 2.45) is 10.1 Å². The van der Waals surface area contributed by atoms with E-state index in [9.17, 15) is 0 Å². The molecule has 4 heteroatoms. The van der Waals surface area contributed by atoms with Crippen molar-refractivity contribution in [1.82, 2.24) is 5.43 Å². The fourth-order valence-corrected chi connectivity index (χ4v) is 2.01. The zero-order chi connectivity index (χ0) is 13.5. The highest BCUT2D eigenvalue weighted by atomic mass is 15.3. The molecule has 1 aromatic rings. The summed E-state index contributed by atoms with van der Waals surface area (Å²) in [4.78, 5) is 6.56. The van der Waals surface area contributed by atoms with Gasteiger partial charge in [-0.2, -0.15) is 5.10 Å². The maximum absolute atomic E-state index is 4.48. The minimum atomic E-state index is 0.926. The Morgan fingerprint density at radius 3 is 2.68 bits per heavy atom. The van der Waals surface area contributed by atoms with E-state index in [0.717, 1.165) is 24.4 Å². The highest BCUT2D eigenvalue weighted by molar-refractivity contribution is 5.85. The Bertz CT molecular complexity index is 446. The zero-order valence-corrected chi connectivity index (χ0v) is 11.8. The number of anilines is 1. The monoisotopic (exact) mass is 258 g/mol. The molecule has 0 atom stereocenters. The van der Waals surface area contributed by atoms with Crippen molar-refractivity contribution in [3.05, 3.63) is 29.8 Å². The number of amidine groups is 1. The van der Waals surface area contributed by atoms with Crippen molar-refractivity contribution in [1.29, 1.82) is 0 Å². The van der Waals surface area contributed by atoms with E-state index in [1.54, 1.807) is 0 Å². The molecular formula is C15H22N4. The molecule has 0 amide bonds. The van der Waals surface area contributed by atoms with Crippen molar-refractivity contribution >= 4 is 17.7 Å². The Labute approximate surface area is 115 Å². The minimum absolute atomic E-state index is 0.926. The lowest BCUT2D eigenvalue weighted by Gasteiger charge is -2.11. The van der Waals surface area contributed by atoms with Gasteiger partial charge in [0, 0.05) is 32.7 Å². The predicted molar refractivity (Wildman–Crippen MR) is 82.3 cm³/mol. The second-order valence-corrected chi connectivity index (χ2v) is 5.00. The molecule has 2 rings (SSSR count). The van der Waals surface area contributed by atoms with Crippen LogP contribution in [0.1, 0.15) is 31.2 Å². The van der Waals surface area contributed by atoms with Crippen molar-refractivity contribution < 1.29 is 0 Å². The molecule has 102 valence electrons. The number of aliphatic imine (C=N–C) groups is 1. The smallest absolute Gasteiger partial charge is 0.117 e. The zero-order valence-electron chi connectivity index (χ0n) is 11.8. The van der Waals surface area contributed by atoms with Gasteiger partial charge in [0.2, 0.25) is 0 Å². The van der Waals surface area contributed by atoms with Gasteiger partial charge in [0.1, 0.15) is 5.84 Å². The summed E-state index contributed by atoms with van der Waals surface area (Å²) in [6.45, 7) is 0.926. The largest absolute Gasteiger partial charge is 0.378 e. The van der Waals surface area contributed by atoms with E-state index in [0.29, 0.717) is 0 Å². The third-order valence-corrected chi connectivity index (χ3v) is 3.19. The van der Waals surface area contributed by atoms with E-state index < -0.39 is 0 Å². The van der Waals surface area contributed by atoms with Crippen LogP contribution in [0.5, 0.6) is 0 Å². The van der Waals surface area contributed by atoms with Crippen LogP contribution >= 0.6 is 0 Å². The first-order valence-electron chi connectivity index (χ1n) is 6.85. The summed E-state index contributed by atoms with van der Waals surface area (Å²) in [6.07, 6.45) is 6.52. The molecule has 1 aliphatic heterocycles. The van der Waals surface area contributed by atoms with Crippen LogP contribution in [0.15, 0.2) is 34.4 Å². The number of hydrogen-bond donors (Lipinski definition) is 1. The lowest BCUT2D eigenvalue weighted by Crippen LogP contribution is -2.17. The molecule has 0 fully saturated rings. The number of rotatable bonds is 3. The molecule has 0 bridgehead atoms. The fourth-order valence-electron chi connectivity index (χ4n) is 2.01. The number of benzene rings is 1. The van der Waals surface area contributed by atoms with Gasteiger partial charge in [0.15, 0.2) is 0 Å². The maximum Gasteiger partial charge on any atom is 0.117 e. The Morgan fingerprint density at radius 1 is 1.16 bits per heavy atom. The molecule has 0 saturated heterocycles. The molecule has 1 N–H and O–H groups in total. The molecule has 0 radical (unpaired) electrons. The normalized spacial score (nSPS) is 16.0. The lowest BCUT2D eigenvalue weighted by molar-refractivity contribution is 0.729. The molecule has 1 aliphatic rings. The van der Waals surface area contributed by atoms with Crippen LogP contribution in [-0.4, -0.2) is 32.7 Å². The molecule has 0 aromatic heterocycles. The molecule has 1 aromatic carbocycles. The Balaban J connectivity index is 1.89. The standard InChI is InChI=1S/C15H22N4/c1-19(2)14-9-7-13(8-10-14)12-17-18-15-6-4-3-5-11-16-15/h7-10,12H,3-6,11H2,1-2H3,(H,16,18)/b17-12-. The van der Waals surface area contributed by atoms with E-state index in [1.165, 1.54) is 24.9 Å². The number of hydrazone groups is 1. The first kappa shape index (κ1) is 13.6. The number of hydrogen-bond acceptors (Lipinski definition) is 4. The van der Waals surface area contributed by atoms with Crippen LogP contribution in [0.4, 0.5) is 5.69 Å². The van der Waals surface area contributed by atoms with Crippen LogP contribution in [0, 0.1) is 0 Å². The van der Waals surface area contributed by atoms with E-state index in [1.807, 2.05) is 20.3 Å². The third-order valence-electron chi connectivity index (χ3n) is 3.19. The molecule has 0 spiro atoms. The lowest BCUT2D eigenvalue weighted by atomic mass is 10.2. The minimum Gasteiger partial charge on any atom is -0.378 e. The molecule has 0 aliphatic carbocycles. The quantitative estimate of drug-likeness (QED) is 0.669. The van der Waals surface area contributed by atoms with Crippen LogP contribution < -0.4 is 10.3 Å². The Hall–Kier alpha value is -1.84. The summed E-state index contributed by atoms with van der Waals surface area (Å²) in [5, 5.41) is 4.26. The fraction of sp³-hybridized carbons (Fsp3) is 0.467. The highest BCUT2D eigenvalue weighted by Gasteiger charge is 2.02. The summed E-state index contributed by atoms with van der Waals surface area (Å²) in [7, 11) is 4.07. The van der Waals surface area contributed by atoms with Gasteiger partial charge in [-0.1, -0.05) is 18.6 Å². The summed E-state index contributed by atoms with van der Waals surface area (Å²) >= 11 is 0. The molecule has 0 saturated carbocycles. The summed E-state index contributed by atoms with van der Waals surface area (Å²) < 4.78 is 0. The van der Waals surface area contributed by atoms with Gasteiger partial charge in [0.25, 0.3) is 0 Å². The van der Waals surface area contributed by atoms with Crippen molar-refractivity contribution in [2.75, 3.05) is 25.5 Å². The summed E-state index contributed by atoms with van der Waals surface area (Å²) in [5.74, 6) is 1.01. The molecular weight excluding hydrogens is 236 g/mol. The van der Waals surface area contributed by atoms with Gasteiger partial charge in [-0.15, -0.1) is 0 Å². The van der Waals surface area contributed by atoms with Gasteiger partial charge in [-0.25, -0.2) is 0 Å². The average Bonchev–Trinajstić information content (AvgIpc) is 2.68. The van der Waals surface area contributed by atoms with Crippen LogP contribution in [0.2, 0.25) is 0 Å². The first-order valence-corrected chi connectivity index (χ1v) is 6.85. The van der Waals surface area contributed by atoms with Crippen LogP contribution in [-0.2, 0) is 0 Å². The molecule has 19 heavy (non-hydrogen) atoms. The van der Waals surface area contributed by atoms with Crippen LogP contribution in [0.25, 0.3) is 0 Å². The highest BCUT2D eigenvalue weighted by Crippen LogP contribution is 2.11.